The van der Waals surface area contributed by atoms with Crippen molar-refractivity contribution in [3.05, 3.63) is 35.4 Å². The topological polar surface area (TPSA) is 114 Å². The van der Waals surface area contributed by atoms with Crippen LogP contribution >= 0.6 is 0 Å². The smallest absolute Gasteiger partial charge is 0.248 e. The zero-order chi connectivity index (χ0) is 18.2. The zero-order valence-electron chi connectivity index (χ0n) is 14.7. The summed E-state index contributed by atoms with van der Waals surface area (Å²) < 4.78 is 0. The lowest BCUT2D eigenvalue weighted by Crippen LogP contribution is -2.47. The summed E-state index contributed by atoms with van der Waals surface area (Å²) >= 11 is 0. The summed E-state index contributed by atoms with van der Waals surface area (Å²) in [6.45, 7) is 5.02. The van der Waals surface area contributed by atoms with Crippen LogP contribution in [0, 0.1) is 5.92 Å². The Labute approximate surface area is 148 Å². The van der Waals surface area contributed by atoms with Crippen LogP contribution in [0.3, 0.4) is 0 Å². The molecule has 1 unspecified atom stereocenters. The fourth-order valence-electron chi connectivity index (χ4n) is 3.07. The first-order chi connectivity index (χ1) is 12.0. The summed E-state index contributed by atoms with van der Waals surface area (Å²) in [7, 11) is 0. The highest BCUT2D eigenvalue weighted by molar-refractivity contribution is 5.92. The second kappa shape index (κ2) is 9.05. The average molecular weight is 345 g/mol. The maximum absolute atomic E-state index is 11.2. The molecule has 0 saturated carbocycles. The number of nitrogens with two attached hydrogens (primary N) is 2. The highest BCUT2D eigenvalue weighted by atomic mass is 16.1. The monoisotopic (exact) mass is 345 g/mol. The minimum absolute atomic E-state index is 0.247. The van der Waals surface area contributed by atoms with E-state index in [0.717, 1.165) is 44.0 Å². The van der Waals surface area contributed by atoms with Gasteiger partial charge in [0.2, 0.25) is 11.8 Å². The van der Waals surface area contributed by atoms with Crippen molar-refractivity contribution >= 4 is 17.8 Å². The van der Waals surface area contributed by atoms with E-state index >= 15 is 0 Å². The van der Waals surface area contributed by atoms with Gasteiger partial charge in [-0.1, -0.05) is 12.1 Å². The molecule has 1 aliphatic rings. The molecule has 0 spiro atoms. The number of carbonyl (C=O) groups excluding carboxylic acids is 2. The largest absolute Gasteiger partial charge is 0.370 e. The molecule has 2 rings (SSSR count). The normalized spacial score (nSPS) is 18.0. The molecule has 1 heterocycles. The number of carbonyl (C=O) groups is 2. The van der Waals surface area contributed by atoms with Crippen molar-refractivity contribution < 1.29 is 9.59 Å². The SMILES string of the molecule is CCNC(=NCc1ccc(C(N)=O)cc1)N1CCCC(CC(N)=O)C1. The van der Waals surface area contributed by atoms with E-state index in [4.69, 9.17) is 16.5 Å². The molecule has 1 fully saturated rings. The van der Waals surface area contributed by atoms with Crippen LogP contribution in [0.4, 0.5) is 0 Å². The number of nitrogens with one attached hydrogen (secondary N) is 1. The van der Waals surface area contributed by atoms with Gasteiger partial charge in [-0.05, 0) is 43.4 Å². The number of nitrogens with zero attached hydrogens (tertiary/aromatic N) is 2. The highest BCUT2D eigenvalue weighted by Gasteiger charge is 2.23. The molecule has 1 saturated heterocycles. The van der Waals surface area contributed by atoms with Gasteiger partial charge in [-0.15, -0.1) is 0 Å². The van der Waals surface area contributed by atoms with E-state index in [1.54, 1.807) is 12.1 Å². The third-order valence-corrected chi connectivity index (χ3v) is 4.29. The number of likely N-dealkylation sites (tertiary alicyclic amines) is 1. The first-order valence-electron chi connectivity index (χ1n) is 8.70. The zero-order valence-corrected chi connectivity index (χ0v) is 14.7. The molecule has 25 heavy (non-hydrogen) atoms. The molecule has 1 atom stereocenters. The predicted octanol–water partition coefficient (Wildman–Crippen LogP) is 0.838. The van der Waals surface area contributed by atoms with Crippen molar-refractivity contribution in [2.75, 3.05) is 19.6 Å². The Kier molecular flexibility index (Phi) is 6.80. The Bertz CT molecular complexity index is 627. The molecule has 7 heteroatoms. The van der Waals surface area contributed by atoms with Crippen LogP contribution in [0.5, 0.6) is 0 Å². The molecule has 0 aromatic heterocycles. The number of rotatable bonds is 6. The fourth-order valence-corrected chi connectivity index (χ4v) is 3.07. The van der Waals surface area contributed by atoms with Crippen LogP contribution in [-0.4, -0.2) is 42.3 Å². The highest BCUT2D eigenvalue weighted by Crippen LogP contribution is 2.19. The van der Waals surface area contributed by atoms with Gasteiger partial charge in [-0.25, -0.2) is 4.99 Å². The number of hydrogen-bond acceptors (Lipinski definition) is 3. The summed E-state index contributed by atoms with van der Waals surface area (Å²) in [6, 6.07) is 7.15. The minimum atomic E-state index is -0.433. The van der Waals surface area contributed by atoms with E-state index in [9.17, 15) is 9.59 Å². The standard InChI is InChI=1S/C18H27N5O2/c1-2-21-18(23-9-3-4-14(12-23)10-16(19)24)22-11-13-5-7-15(8-6-13)17(20)25/h5-8,14H,2-4,9-12H2,1H3,(H2,19,24)(H2,20,25)(H,21,22). The van der Waals surface area contributed by atoms with Crippen molar-refractivity contribution in [1.29, 1.82) is 0 Å². The maximum atomic E-state index is 11.2. The maximum Gasteiger partial charge on any atom is 0.248 e. The lowest BCUT2D eigenvalue weighted by atomic mass is 9.95. The van der Waals surface area contributed by atoms with E-state index in [0.29, 0.717) is 18.5 Å². The molecule has 1 aliphatic heterocycles. The number of amides is 2. The molecule has 136 valence electrons. The second-order valence-electron chi connectivity index (χ2n) is 6.36. The quantitative estimate of drug-likeness (QED) is 0.523. The third-order valence-electron chi connectivity index (χ3n) is 4.29. The Hall–Kier alpha value is -2.57. The fraction of sp³-hybridized carbons (Fsp3) is 0.500. The minimum Gasteiger partial charge on any atom is -0.370 e. The molecule has 1 aromatic rings. The summed E-state index contributed by atoms with van der Waals surface area (Å²) in [5, 5.41) is 3.31. The summed E-state index contributed by atoms with van der Waals surface area (Å²) in [4.78, 5) is 29.2. The van der Waals surface area contributed by atoms with Crippen molar-refractivity contribution in [2.24, 2.45) is 22.4 Å². The van der Waals surface area contributed by atoms with E-state index in [1.807, 2.05) is 19.1 Å². The van der Waals surface area contributed by atoms with E-state index in [-0.39, 0.29) is 11.8 Å². The summed E-state index contributed by atoms with van der Waals surface area (Å²) in [6.07, 6.45) is 2.47. The van der Waals surface area contributed by atoms with Gasteiger partial charge in [0.15, 0.2) is 5.96 Å². The Morgan fingerprint density at radius 2 is 2.00 bits per heavy atom. The third kappa shape index (κ3) is 5.77. The molecule has 2 amide bonds. The van der Waals surface area contributed by atoms with Gasteiger partial charge in [-0.2, -0.15) is 0 Å². The molecular weight excluding hydrogens is 318 g/mol. The van der Waals surface area contributed by atoms with Crippen LogP contribution in [0.1, 0.15) is 42.1 Å². The van der Waals surface area contributed by atoms with Gasteiger partial charge in [0.1, 0.15) is 0 Å². The van der Waals surface area contributed by atoms with Gasteiger partial charge in [-0.3, -0.25) is 9.59 Å². The molecular formula is C18H27N5O2. The number of hydrogen-bond donors (Lipinski definition) is 3. The van der Waals surface area contributed by atoms with Crippen LogP contribution in [0.25, 0.3) is 0 Å². The molecule has 7 nitrogen and oxygen atoms in total. The van der Waals surface area contributed by atoms with Gasteiger partial charge < -0.3 is 21.7 Å². The van der Waals surface area contributed by atoms with Gasteiger partial charge >= 0.3 is 0 Å². The number of aliphatic imine (C=N–C) groups is 1. The van der Waals surface area contributed by atoms with Crippen LogP contribution in [-0.2, 0) is 11.3 Å². The first kappa shape index (κ1) is 18.8. The lowest BCUT2D eigenvalue weighted by Gasteiger charge is -2.34. The lowest BCUT2D eigenvalue weighted by molar-refractivity contribution is -0.119. The van der Waals surface area contributed by atoms with Crippen LogP contribution in [0.2, 0.25) is 0 Å². The second-order valence-corrected chi connectivity index (χ2v) is 6.36. The van der Waals surface area contributed by atoms with Gasteiger partial charge in [0.05, 0.1) is 6.54 Å². The molecule has 5 N–H and O–H groups in total. The Balaban J connectivity index is 2.04. The number of benzene rings is 1. The predicted molar refractivity (Wildman–Crippen MR) is 97.9 cm³/mol. The summed E-state index contributed by atoms with van der Waals surface area (Å²) in [5.41, 5.74) is 12.1. The number of guanidine groups is 1. The number of piperidine rings is 1. The molecule has 0 bridgehead atoms. The van der Waals surface area contributed by atoms with Crippen molar-refractivity contribution in [2.45, 2.75) is 32.7 Å². The van der Waals surface area contributed by atoms with E-state index < -0.39 is 5.91 Å². The summed E-state index contributed by atoms with van der Waals surface area (Å²) in [5.74, 6) is 0.445. The van der Waals surface area contributed by atoms with Crippen molar-refractivity contribution in [3.63, 3.8) is 0 Å². The van der Waals surface area contributed by atoms with Gasteiger partial charge in [0.25, 0.3) is 0 Å². The number of primary amides is 2. The van der Waals surface area contributed by atoms with Gasteiger partial charge in [0, 0.05) is 31.6 Å². The average Bonchev–Trinajstić information content (AvgIpc) is 2.58. The Morgan fingerprint density at radius 1 is 1.28 bits per heavy atom. The van der Waals surface area contributed by atoms with Crippen molar-refractivity contribution in [3.8, 4) is 0 Å². The molecule has 1 aromatic carbocycles. The molecule has 0 radical (unpaired) electrons. The van der Waals surface area contributed by atoms with Crippen molar-refractivity contribution in [1.82, 2.24) is 10.2 Å². The molecule has 0 aliphatic carbocycles. The first-order valence-corrected chi connectivity index (χ1v) is 8.70. The van der Waals surface area contributed by atoms with E-state index in [2.05, 4.69) is 10.2 Å². The Morgan fingerprint density at radius 3 is 2.60 bits per heavy atom. The van der Waals surface area contributed by atoms with Crippen LogP contribution in [0.15, 0.2) is 29.3 Å². The van der Waals surface area contributed by atoms with E-state index in [1.165, 1.54) is 0 Å². The van der Waals surface area contributed by atoms with Crippen LogP contribution < -0.4 is 16.8 Å².